The molecule has 2 N–H and O–H groups in total. The van der Waals surface area contributed by atoms with E-state index in [9.17, 15) is 0 Å². The van der Waals surface area contributed by atoms with Crippen LogP contribution < -0.4 is 5.73 Å². The maximum Gasteiger partial charge on any atom is 0.0411 e. The Hall–Kier alpha value is -0.860. The van der Waals surface area contributed by atoms with E-state index in [2.05, 4.69) is 52.3 Å². The van der Waals surface area contributed by atoms with Crippen LogP contribution in [0.4, 0.5) is 0 Å². The largest absolute Gasteiger partial charge is 0.321 e. The van der Waals surface area contributed by atoms with E-state index >= 15 is 0 Å². The van der Waals surface area contributed by atoms with Gasteiger partial charge in [-0.15, -0.1) is 0 Å². The number of halogens is 1. The molecule has 0 amide bonds. The van der Waals surface area contributed by atoms with Gasteiger partial charge in [0.25, 0.3) is 0 Å². The second kappa shape index (κ2) is 3.06. The van der Waals surface area contributed by atoms with Gasteiger partial charge in [0, 0.05) is 10.0 Å². The SMILES string of the molecule is NC1(c2cc(Br)c3ccccc3c2)CC1. The van der Waals surface area contributed by atoms with E-state index in [1.54, 1.807) is 0 Å². The molecule has 1 fully saturated rings. The number of fused-ring (bicyclic) bond motifs is 1. The van der Waals surface area contributed by atoms with Crippen LogP contribution in [0.3, 0.4) is 0 Å². The molecule has 0 aliphatic heterocycles. The predicted octanol–water partition coefficient (Wildman–Crippen LogP) is 3.55. The lowest BCUT2D eigenvalue weighted by Crippen LogP contribution is -2.18. The van der Waals surface area contributed by atoms with Crippen molar-refractivity contribution in [3.63, 3.8) is 0 Å². The van der Waals surface area contributed by atoms with Crippen LogP contribution in [0.2, 0.25) is 0 Å². The number of nitrogens with two attached hydrogens (primary N) is 1. The van der Waals surface area contributed by atoms with Crippen molar-refractivity contribution in [2.45, 2.75) is 18.4 Å². The summed E-state index contributed by atoms with van der Waals surface area (Å²) in [6.45, 7) is 0. The summed E-state index contributed by atoms with van der Waals surface area (Å²) in [6, 6.07) is 12.8. The van der Waals surface area contributed by atoms with Crippen LogP contribution in [0.5, 0.6) is 0 Å². The Kier molecular flexibility index (Phi) is 1.91. The molecular formula is C13H12BrN. The molecule has 0 heterocycles. The van der Waals surface area contributed by atoms with Gasteiger partial charge in [-0.2, -0.15) is 0 Å². The molecule has 0 aromatic heterocycles. The van der Waals surface area contributed by atoms with Crippen LogP contribution in [0.25, 0.3) is 10.8 Å². The van der Waals surface area contributed by atoms with Crippen molar-refractivity contribution in [2.24, 2.45) is 5.73 Å². The topological polar surface area (TPSA) is 26.0 Å². The van der Waals surface area contributed by atoms with E-state index < -0.39 is 0 Å². The molecular weight excluding hydrogens is 250 g/mol. The monoisotopic (exact) mass is 261 g/mol. The molecule has 2 aromatic rings. The van der Waals surface area contributed by atoms with Crippen molar-refractivity contribution < 1.29 is 0 Å². The summed E-state index contributed by atoms with van der Waals surface area (Å²) in [6.07, 6.45) is 2.22. The Morgan fingerprint density at radius 1 is 1.13 bits per heavy atom. The molecule has 1 saturated carbocycles. The minimum atomic E-state index is -0.0491. The normalized spacial score (nSPS) is 18.0. The molecule has 0 saturated heterocycles. The smallest absolute Gasteiger partial charge is 0.0411 e. The van der Waals surface area contributed by atoms with Crippen LogP contribution in [-0.4, -0.2) is 0 Å². The average molecular weight is 262 g/mol. The van der Waals surface area contributed by atoms with Gasteiger partial charge in [-0.3, -0.25) is 0 Å². The predicted molar refractivity (Wildman–Crippen MR) is 66.7 cm³/mol. The zero-order chi connectivity index (χ0) is 10.5. The number of hydrogen-bond donors (Lipinski definition) is 1. The molecule has 3 rings (SSSR count). The molecule has 1 aliphatic carbocycles. The van der Waals surface area contributed by atoms with Gasteiger partial charge in [0.05, 0.1) is 0 Å². The van der Waals surface area contributed by atoms with Gasteiger partial charge in [0.15, 0.2) is 0 Å². The van der Waals surface area contributed by atoms with Gasteiger partial charge in [-0.1, -0.05) is 40.2 Å². The second-order valence-corrected chi connectivity index (χ2v) is 5.19. The van der Waals surface area contributed by atoms with Gasteiger partial charge in [-0.25, -0.2) is 0 Å². The Labute approximate surface area is 97.4 Å². The first-order valence-corrected chi connectivity index (χ1v) is 5.96. The fraction of sp³-hybridized carbons (Fsp3) is 0.231. The van der Waals surface area contributed by atoms with Crippen molar-refractivity contribution in [1.82, 2.24) is 0 Å². The molecule has 0 radical (unpaired) electrons. The maximum atomic E-state index is 6.21. The first kappa shape index (κ1) is 9.37. The summed E-state index contributed by atoms with van der Waals surface area (Å²) in [4.78, 5) is 0. The van der Waals surface area contributed by atoms with Crippen LogP contribution in [0.15, 0.2) is 40.9 Å². The molecule has 0 spiro atoms. The quantitative estimate of drug-likeness (QED) is 0.835. The highest BCUT2D eigenvalue weighted by Gasteiger charge is 2.40. The van der Waals surface area contributed by atoms with Crippen LogP contribution in [0, 0.1) is 0 Å². The fourth-order valence-electron chi connectivity index (χ4n) is 1.97. The standard InChI is InChI=1S/C13H12BrN/c14-12-8-10(13(15)5-6-13)7-9-3-1-2-4-11(9)12/h1-4,7-8H,5-6,15H2. The number of rotatable bonds is 1. The highest BCUT2D eigenvalue weighted by Crippen LogP contribution is 2.44. The highest BCUT2D eigenvalue weighted by molar-refractivity contribution is 9.10. The number of benzene rings is 2. The molecule has 15 heavy (non-hydrogen) atoms. The third-order valence-electron chi connectivity index (χ3n) is 3.17. The molecule has 2 heteroatoms. The Bertz CT molecular complexity index is 529. The van der Waals surface area contributed by atoms with E-state index in [0.717, 1.165) is 17.3 Å². The van der Waals surface area contributed by atoms with Crippen molar-refractivity contribution in [2.75, 3.05) is 0 Å². The van der Waals surface area contributed by atoms with Crippen LogP contribution in [0.1, 0.15) is 18.4 Å². The van der Waals surface area contributed by atoms with Gasteiger partial charge in [0.1, 0.15) is 0 Å². The van der Waals surface area contributed by atoms with E-state index in [0.29, 0.717) is 0 Å². The zero-order valence-corrected chi connectivity index (χ0v) is 9.92. The van der Waals surface area contributed by atoms with Gasteiger partial charge in [-0.05, 0) is 41.3 Å². The van der Waals surface area contributed by atoms with Crippen molar-refractivity contribution >= 4 is 26.7 Å². The molecule has 2 aromatic carbocycles. The zero-order valence-electron chi connectivity index (χ0n) is 8.33. The Morgan fingerprint density at radius 3 is 2.60 bits per heavy atom. The van der Waals surface area contributed by atoms with E-state index in [1.165, 1.54) is 16.3 Å². The lowest BCUT2D eigenvalue weighted by molar-refractivity contribution is 0.741. The molecule has 1 nitrogen and oxygen atoms in total. The summed E-state index contributed by atoms with van der Waals surface area (Å²) in [5.41, 5.74) is 7.42. The summed E-state index contributed by atoms with van der Waals surface area (Å²) < 4.78 is 1.15. The minimum absolute atomic E-state index is 0.0491. The first-order chi connectivity index (χ1) is 7.19. The van der Waals surface area contributed by atoms with Crippen LogP contribution in [-0.2, 0) is 5.54 Å². The molecule has 0 unspecified atom stereocenters. The molecule has 76 valence electrons. The lowest BCUT2D eigenvalue weighted by Gasteiger charge is -2.11. The molecule has 1 aliphatic rings. The lowest BCUT2D eigenvalue weighted by atomic mass is 10.0. The Morgan fingerprint density at radius 2 is 1.87 bits per heavy atom. The molecule has 0 bridgehead atoms. The number of hydrogen-bond acceptors (Lipinski definition) is 1. The van der Waals surface area contributed by atoms with Gasteiger partial charge >= 0.3 is 0 Å². The minimum Gasteiger partial charge on any atom is -0.321 e. The van der Waals surface area contributed by atoms with Crippen molar-refractivity contribution in [3.05, 3.63) is 46.4 Å². The summed E-state index contributed by atoms with van der Waals surface area (Å²) in [7, 11) is 0. The third-order valence-corrected chi connectivity index (χ3v) is 3.83. The fourth-order valence-corrected chi connectivity index (χ4v) is 2.58. The summed E-state index contributed by atoms with van der Waals surface area (Å²) in [5, 5.41) is 2.52. The maximum absolute atomic E-state index is 6.21. The first-order valence-electron chi connectivity index (χ1n) is 5.17. The van der Waals surface area contributed by atoms with E-state index in [1.807, 2.05) is 0 Å². The Balaban J connectivity index is 2.27. The molecule has 0 atom stereocenters. The van der Waals surface area contributed by atoms with Crippen molar-refractivity contribution in [1.29, 1.82) is 0 Å². The summed E-state index contributed by atoms with van der Waals surface area (Å²) in [5.74, 6) is 0. The van der Waals surface area contributed by atoms with Crippen LogP contribution >= 0.6 is 15.9 Å². The van der Waals surface area contributed by atoms with Crippen molar-refractivity contribution in [3.8, 4) is 0 Å². The third kappa shape index (κ3) is 1.48. The van der Waals surface area contributed by atoms with Gasteiger partial charge < -0.3 is 5.73 Å². The highest BCUT2D eigenvalue weighted by atomic mass is 79.9. The average Bonchev–Trinajstić information content (AvgIpc) is 2.98. The summed E-state index contributed by atoms with van der Waals surface area (Å²) >= 11 is 3.61. The van der Waals surface area contributed by atoms with E-state index in [-0.39, 0.29) is 5.54 Å². The van der Waals surface area contributed by atoms with Gasteiger partial charge in [0.2, 0.25) is 0 Å². The second-order valence-electron chi connectivity index (χ2n) is 4.34. The van der Waals surface area contributed by atoms with E-state index in [4.69, 9.17) is 5.73 Å².